The van der Waals surface area contributed by atoms with Crippen LogP contribution >= 0.6 is 0 Å². The van der Waals surface area contributed by atoms with Gasteiger partial charge in [-0.3, -0.25) is 4.98 Å². The first-order chi connectivity index (χ1) is 9.02. The fourth-order valence-electron chi connectivity index (χ4n) is 1.58. The maximum atomic E-state index is 12.8. The average Bonchev–Trinajstić information content (AvgIpc) is 2.39. The van der Waals surface area contributed by atoms with Crippen LogP contribution in [-0.4, -0.2) is 4.98 Å². The Labute approximate surface area is 107 Å². The summed E-state index contributed by atoms with van der Waals surface area (Å²) < 4.78 is 43.8. The summed E-state index contributed by atoms with van der Waals surface area (Å²) in [7, 11) is 0. The molecule has 2 aromatic rings. The minimum atomic E-state index is -4.47. The van der Waals surface area contributed by atoms with Crippen molar-refractivity contribution < 1.29 is 17.9 Å². The SMILES string of the molecule is NCc1cnccc1Oc1ccccc1C(F)(F)F. The highest BCUT2D eigenvalue weighted by Gasteiger charge is 2.34. The Morgan fingerprint density at radius 3 is 2.53 bits per heavy atom. The second-order valence-electron chi connectivity index (χ2n) is 3.78. The summed E-state index contributed by atoms with van der Waals surface area (Å²) in [5.41, 5.74) is 5.20. The first-order valence-electron chi connectivity index (χ1n) is 5.49. The van der Waals surface area contributed by atoms with Crippen molar-refractivity contribution in [1.82, 2.24) is 4.98 Å². The van der Waals surface area contributed by atoms with Crippen LogP contribution in [0, 0.1) is 0 Å². The third kappa shape index (κ3) is 3.03. The molecule has 0 bridgehead atoms. The molecule has 0 spiro atoms. The molecular formula is C13H11F3N2O. The molecule has 100 valence electrons. The van der Waals surface area contributed by atoms with Crippen LogP contribution in [0.2, 0.25) is 0 Å². The fraction of sp³-hybridized carbons (Fsp3) is 0.154. The molecule has 0 aliphatic rings. The van der Waals surface area contributed by atoms with E-state index in [1.54, 1.807) is 0 Å². The van der Waals surface area contributed by atoms with Crippen molar-refractivity contribution in [3.8, 4) is 11.5 Å². The molecular weight excluding hydrogens is 257 g/mol. The van der Waals surface area contributed by atoms with E-state index in [2.05, 4.69) is 4.98 Å². The van der Waals surface area contributed by atoms with Crippen molar-refractivity contribution in [2.45, 2.75) is 12.7 Å². The normalized spacial score (nSPS) is 11.4. The average molecular weight is 268 g/mol. The monoisotopic (exact) mass is 268 g/mol. The van der Waals surface area contributed by atoms with E-state index in [1.165, 1.54) is 36.7 Å². The molecule has 0 unspecified atom stereocenters. The topological polar surface area (TPSA) is 48.1 Å². The molecule has 2 N–H and O–H groups in total. The van der Waals surface area contributed by atoms with E-state index in [0.717, 1.165) is 6.07 Å². The lowest BCUT2D eigenvalue weighted by molar-refractivity contribution is -0.138. The van der Waals surface area contributed by atoms with Gasteiger partial charge in [0.15, 0.2) is 0 Å². The fourth-order valence-corrected chi connectivity index (χ4v) is 1.58. The lowest BCUT2D eigenvalue weighted by Gasteiger charge is -2.14. The van der Waals surface area contributed by atoms with Crippen LogP contribution < -0.4 is 10.5 Å². The quantitative estimate of drug-likeness (QED) is 0.928. The summed E-state index contributed by atoms with van der Waals surface area (Å²) in [6, 6.07) is 6.51. The van der Waals surface area contributed by atoms with Crippen molar-refractivity contribution >= 4 is 0 Å². The molecule has 0 saturated heterocycles. The van der Waals surface area contributed by atoms with E-state index in [0.29, 0.717) is 5.56 Å². The van der Waals surface area contributed by atoms with Gasteiger partial charge in [0.2, 0.25) is 0 Å². The number of rotatable bonds is 3. The standard InChI is InChI=1S/C13H11F3N2O/c14-13(15,16)10-3-1-2-4-12(10)19-11-5-6-18-8-9(11)7-17/h1-6,8H,7,17H2. The number of halogens is 3. The maximum absolute atomic E-state index is 12.8. The number of ether oxygens (including phenoxy) is 1. The van der Waals surface area contributed by atoms with E-state index in [1.807, 2.05) is 0 Å². The maximum Gasteiger partial charge on any atom is 0.419 e. The van der Waals surface area contributed by atoms with Gasteiger partial charge >= 0.3 is 6.18 Å². The van der Waals surface area contributed by atoms with E-state index < -0.39 is 11.7 Å². The number of nitrogens with zero attached hydrogens (tertiary/aromatic N) is 1. The van der Waals surface area contributed by atoms with Gasteiger partial charge in [-0.25, -0.2) is 0 Å². The zero-order valence-corrected chi connectivity index (χ0v) is 9.82. The highest BCUT2D eigenvalue weighted by Crippen LogP contribution is 2.38. The molecule has 0 radical (unpaired) electrons. The number of para-hydroxylation sites is 1. The van der Waals surface area contributed by atoms with Crippen LogP contribution in [0.1, 0.15) is 11.1 Å². The molecule has 0 amide bonds. The first kappa shape index (κ1) is 13.4. The Morgan fingerprint density at radius 1 is 1.11 bits per heavy atom. The molecule has 19 heavy (non-hydrogen) atoms. The van der Waals surface area contributed by atoms with E-state index in [9.17, 15) is 13.2 Å². The van der Waals surface area contributed by atoms with Crippen LogP contribution in [0.4, 0.5) is 13.2 Å². The van der Waals surface area contributed by atoms with Crippen LogP contribution in [0.3, 0.4) is 0 Å². The largest absolute Gasteiger partial charge is 0.456 e. The highest BCUT2D eigenvalue weighted by molar-refractivity contribution is 5.41. The second kappa shape index (κ2) is 5.27. The van der Waals surface area contributed by atoms with Gasteiger partial charge in [0.25, 0.3) is 0 Å². The zero-order chi connectivity index (χ0) is 13.9. The second-order valence-corrected chi connectivity index (χ2v) is 3.78. The molecule has 1 aromatic heterocycles. The summed E-state index contributed by atoms with van der Waals surface area (Å²) in [6.45, 7) is 0.136. The third-order valence-electron chi connectivity index (χ3n) is 2.49. The van der Waals surface area contributed by atoms with Crippen LogP contribution in [-0.2, 0) is 12.7 Å². The molecule has 6 heteroatoms. The van der Waals surface area contributed by atoms with Crippen molar-refractivity contribution in [3.05, 3.63) is 53.9 Å². The van der Waals surface area contributed by atoms with Gasteiger partial charge in [-0.2, -0.15) is 13.2 Å². The van der Waals surface area contributed by atoms with E-state index in [4.69, 9.17) is 10.5 Å². The minimum absolute atomic E-state index is 0.136. The van der Waals surface area contributed by atoms with Crippen LogP contribution in [0.5, 0.6) is 11.5 Å². The molecule has 0 aliphatic carbocycles. The van der Waals surface area contributed by atoms with Crippen molar-refractivity contribution in [3.63, 3.8) is 0 Å². The Hall–Kier alpha value is -2.08. The van der Waals surface area contributed by atoms with Gasteiger partial charge in [-0.15, -0.1) is 0 Å². The Kier molecular flexibility index (Phi) is 3.71. The summed E-state index contributed by atoms with van der Waals surface area (Å²) in [6.07, 6.45) is -1.57. The third-order valence-corrected chi connectivity index (χ3v) is 2.49. The molecule has 0 fully saturated rings. The number of nitrogens with two attached hydrogens (primary N) is 1. The van der Waals surface area contributed by atoms with Gasteiger partial charge in [0.05, 0.1) is 5.56 Å². The summed E-state index contributed by atoms with van der Waals surface area (Å²) >= 11 is 0. The van der Waals surface area contributed by atoms with Gasteiger partial charge < -0.3 is 10.5 Å². The molecule has 0 aliphatic heterocycles. The van der Waals surface area contributed by atoms with Gasteiger partial charge in [-0.05, 0) is 18.2 Å². The van der Waals surface area contributed by atoms with E-state index in [-0.39, 0.29) is 18.0 Å². The number of benzene rings is 1. The van der Waals surface area contributed by atoms with Crippen molar-refractivity contribution in [2.24, 2.45) is 5.73 Å². The Balaban J connectivity index is 2.39. The first-order valence-corrected chi connectivity index (χ1v) is 5.49. The van der Waals surface area contributed by atoms with Crippen molar-refractivity contribution in [2.75, 3.05) is 0 Å². The molecule has 1 heterocycles. The number of pyridine rings is 1. The molecule has 1 aromatic carbocycles. The predicted octanol–water partition coefficient (Wildman–Crippen LogP) is 3.35. The van der Waals surface area contributed by atoms with Gasteiger partial charge in [0, 0.05) is 24.5 Å². The smallest absolute Gasteiger partial charge is 0.419 e. The molecule has 3 nitrogen and oxygen atoms in total. The summed E-state index contributed by atoms with van der Waals surface area (Å²) in [5.74, 6) is 0.0186. The Morgan fingerprint density at radius 2 is 1.84 bits per heavy atom. The van der Waals surface area contributed by atoms with E-state index >= 15 is 0 Å². The van der Waals surface area contributed by atoms with Crippen LogP contribution in [0.15, 0.2) is 42.7 Å². The summed E-state index contributed by atoms with van der Waals surface area (Å²) in [5, 5.41) is 0. The molecule has 2 rings (SSSR count). The predicted molar refractivity (Wildman–Crippen MR) is 63.6 cm³/mol. The lowest BCUT2D eigenvalue weighted by Crippen LogP contribution is -2.07. The molecule has 0 atom stereocenters. The molecule has 0 saturated carbocycles. The highest BCUT2D eigenvalue weighted by atomic mass is 19.4. The van der Waals surface area contributed by atoms with Crippen LogP contribution in [0.25, 0.3) is 0 Å². The Bertz CT molecular complexity index is 570. The van der Waals surface area contributed by atoms with Gasteiger partial charge in [-0.1, -0.05) is 12.1 Å². The number of hydrogen-bond acceptors (Lipinski definition) is 3. The van der Waals surface area contributed by atoms with Crippen molar-refractivity contribution in [1.29, 1.82) is 0 Å². The number of hydrogen-bond donors (Lipinski definition) is 1. The summed E-state index contributed by atoms with van der Waals surface area (Å²) in [4.78, 5) is 3.85. The number of alkyl halides is 3. The lowest BCUT2D eigenvalue weighted by atomic mass is 10.2. The zero-order valence-electron chi connectivity index (χ0n) is 9.82. The van der Waals surface area contributed by atoms with Gasteiger partial charge in [0.1, 0.15) is 11.5 Å². The minimum Gasteiger partial charge on any atom is -0.456 e. The number of aromatic nitrogens is 1.